The minimum Gasteiger partial charge on any atom is -0.337 e. The molecule has 0 saturated carbocycles. The zero-order chi connectivity index (χ0) is 18.7. The largest absolute Gasteiger partial charge is 0.337 e. The van der Waals surface area contributed by atoms with E-state index in [1.807, 2.05) is 50.1 Å². The summed E-state index contributed by atoms with van der Waals surface area (Å²) in [4.78, 5) is 19.7. The molecule has 0 aliphatic rings. The van der Waals surface area contributed by atoms with Crippen LogP contribution in [0.25, 0.3) is 11.0 Å². The van der Waals surface area contributed by atoms with Gasteiger partial charge in [-0.25, -0.2) is 4.98 Å². The minimum atomic E-state index is -0.0158. The zero-order valence-electron chi connectivity index (χ0n) is 15.6. The SMILES string of the molecule is Cc1cc(C(=O)N(CCN)CCc2ccccc2)c2c(C)nn(C)c2n1. The van der Waals surface area contributed by atoms with Crippen molar-refractivity contribution in [3.8, 4) is 0 Å². The molecule has 2 heterocycles. The molecule has 0 aliphatic carbocycles. The molecule has 26 heavy (non-hydrogen) atoms. The first-order valence-corrected chi connectivity index (χ1v) is 8.85. The van der Waals surface area contributed by atoms with Crippen molar-refractivity contribution >= 4 is 16.9 Å². The zero-order valence-corrected chi connectivity index (χ0v) is 15.6. The minimum absolute atomic E-state index is 0.0158. The molecule has 0 radical (unpaired) electrons. The summed E-state index contributed by atoms with van der Waals surface area (Å²) in [7, 11) is 1.85. The first-order chi connectivity index (χ1) is 12.5. The van der Waals surface area contributed by atoms with Gasteiger partial charge >= 0.3 is 0 Å². The molecule has 0 unspecified atom stereocenters. The van der Waals surface area contributed by atoms with Crippen LogP contribution < -0.4 is 5.73 Å². The Morgan fingerprint density at radius 3 is 2.62 bits per heavy atom. The highest BCUT2D eigenvalue weighted by atomic mass is 16.2. The van der Waals surface area contributed by atoms with Crippen LogP contribution >= 0.6 is 0 Å². The van der Waals surface area contributed by atoms with Crippen molar-refractivity contribution in [2.24, 2.45) is 12.8 Å². The fourth-order valence-electron chi connectivity index (χ4n) is 3.29. The predicted octanol–water partition coefficient (Wildman–Crippen LogP) is 2.23. The molecule has 1 amide bonds. The van der Waals surface area contributed by atoms with Crippen LogP contribution in [0.1, 0.15) is 27.3 Å². The Morgan fingerprint density at radius 1 is 1.19 bits per heavy atom. The van der Waals surface area contributed by atoms with Gasteiger partial charge in [-0.1, -0.05) is 30.3 Å². The molecule has 3 rings (SSSR count). The van der Waals surface area contributed by atoms with Gasteiger partial charge in [-0.3, -0.25) is 9.48 Å². The molecule has 136 valence electrons. The van der Waals surface area contributed by atoms with Gasteiger partial charge in [0, 0.05) is 32.4 Å². The number of carbonyl (C=O) groups excluding carboxylic acids is 1. The summed E-state index contributed by atoms with van der Waals surface area (Å²) in [6.07, 6.45) is 0.797. The van der Waals surface area contributed by atoms with E-state index >= 15 is 0 Å². The third kappa shape index (κ3) is 3.60. The maximum atomic E-state index is 13.3. The molecule has 0 spiro atoms. The van der Waals surface area contributed by atoms with Crippen molar-refractivity contribution in [3.63, 3.8) is 0 Å². The van der Waals surface area contributed by atoms with Crippen molar-refractivity contribution < 1.29 is 4.79 Å². The Kier molecular flexibility index (Phi) is 5.32. The standard InChI is InChI=1S/C20H25N5O/c1-14-13-17(18-15(2)23-24(3)19(18)22-14)20(26)25(12-10-21)11-9-16-7-5-4-6-8-16/h4-8,13H,9-12,21H2,1-3H3. The molecule has 0 bridgehead atoms. The number of nitrogens with zero attached hydrogens (tertiary/aromatic N) is 4. The van der Waals surface area contributed by atoms with E-state index in [4.69, 9.17) is 5.73 Å². The highest BCUT2D eigenvalue weighted by molar-refractivity contribution is 6.06. The number of aromatic nitrogens is 3. The van der Waals surface area contributed by atoms with Crippen LogP contribution in [0, 0.1) is 13.8 Å². The molecule has 1 aromatic carbocycles. The fourth-order valence-corrected chi connectivity index (χ4v) is 3.29. The number of fused-ring (bicyclic) bond motifs is 1. The van der Waals surface area contributed by atoms with E-state index in [1.165, 1.54) is 5.56 Å². The Bertz CT molecular complexity index is 917. The molecule has 3 aromatic rings. The number of rotatable bonds is 6. The Morgan fingerprint density at radius 2 is 1.92 bits per heavy atom. The quantitative estimate of drug-likeness (QED) is 0.739. The van der Waals surface area contributed by atoms with E-state index in [-0.39, 0.29) is 5.91 Å². The second-order valence-electron chi connectivity index (χ2n) is 6.54. The van der Waals surface area contributed by atoms with E-state index in [0.717, 1.165) is 28.8 Å². The molecule has 2 N–H and O–H groups in total. The number of pyridine rings is 1. The topological polar surface area (TPSA) is 77.0 Å². The van der Waals surface area contributed by atoms with Crippen LogP contribution in [0.5, 0.6) is 0 Å². The summed E-state index contributed by atoms with van der Waals surface area (Å²) in [5.74, 6) is -0.0158. The average molecular weight is 351 g/mol. The lowest BCUT2D eigenvalue weighted by atomic mass is 10.1. The predicted molar refractivity (Wildman–Crippen MR) is 103 cm³/mol. The van der Waals surface area contributed by atoms with Gasteiger partial charge in [0.1, 0.15) is 0 Å². The van der Waals surface area contributed by atoms with E-state index in [2.05, 4.69) is 22.2 Å². The lowest BCUT2D eigenvalue weighted by Crippen LogP contribution is -2.37. The van der Waals surface area contributed by atoms with Crippen molar-refractivity contribution in [2.45, 2.75) is 20.3 Å². The van der Waals surface area contributed by atoms with Crippen molar-refractivity contribution in [2.75, 3.05) is 19.6 Å². The fraction of sp³-hybridized carbons (Fsp3) is 0.350. The van der Waals surface area contributed by atoms with Crippen LogP contribution in [0.15, 0.2) is 36.4 Å². The van der Waals surface area contributed by atoms with Crippen molar-refractivity contribution in [1.82, 2.24) is 19.7 Å². The normalized spacial score (nSPS) is 11.1. The Hall–Kier alpha value is -2.73. The number of benzene rings is 1. The van der Waals surface area contributed by atoms with Gasteiger partial charge in [0.2, 0.25) is 0 Å². The highest BCUT2D eigenvalue weighted by Gasteiger charge is 2.22. The third-order valence-corrected chi connectivity index (χ3v) is 4.53. The maximum Gasteiger partial charge on any atom is 0.254 e. The summed E-state index contributed by atoms with van der Waals surface area (Å²) < 4.78 is 1.73. The molecule has 6 nitrogen and oxygen atoms in total. The van der Waals surface area contributed by atoms with Crippen molar-refractivity contribution in [3.05, 3.63) is 58.9 Å². The molecule has 0 fully saturated rings. The molecule has 0 atom stereocenters. The second-order valence-corrected chi connectivity index (χ2v) is 6.54. The number of hydrogen-bond donors (Lipinski definition) is 1. The van der Waals surface area contributed by atoms with E-state index in [9.17, 15) is 4.79 Å². The molecule has 6 heteroatoms. The van der Waals surface area contributed by atoms with E-state index < -0.39 is 0 Å². The van der Waals surface area contributed by atoms with E-state index in [1.54, 1.807) is 4.68 Å². The first-order valence-electron chi connectivity index (χ1n) is 8.85. The van der Waals surface area contributed by atoms with Gasteiger partial charge in [0.15, 0.2) is 5.65 Å². The molecular weight excluding hydrogens is 326 g/mol. The number of nitrogens with two attached hydrogens (primary N) is 1. The first kappa shape index (κ1) is 18.1. The lowest BCUT2D eigenvalue weighted by Gasteiger charge is -2.23. The maximum absolute atomic E-state index is 13.3. The molecule has 0 aliphatic heterocycles. The lowest BCUT2D eigenvalue weighted by molar-refractivity contribution is 0.0764. The average Bonchev–Trinajstić information content (AvgIpc) is 2.92. The Balaban J connectivity index is 1.93. The van der Waals surface area contributed by atoms with Gasteiger partial charge in [0.25, 0.3) is 5.91 Å². The van der Waals surface area contributed by atoms with Gasteiger partial charge in [-0.2, -0.15) is 5.10 Å². The molecule has 2 aromatic heterocycles. The number of amides is 1. The van der Waals surface area contributed by atoms with Crippen LogP contribution in [-0.4, -0.2) is 45.2 Å². The third-order valence-electron chi connectivity index (χ3n) is 4.53. The molecule has 0 saturated heterocycles. The monoisotopic (exact) mass is 351 g/mol. The summed E-state index contributed by atoms with van der Waals surface area (Å²) in [5.41, 5.74) is 9.98. The van der Waals surface area contributed by atoms with Crippen LogP contribution in [0.3, 0.4) is 0 Å². The number of aryl methyl sites for hydroxylation is 3. The van der Waals surface area contributed by atoms with Crippen LogP contribution in [-0.2, 0) is 13.5 Å². The summed E-state index contributed by atoms with van der Waals surface area (Å²) in [5, 5.41) is 5.26. The number of hydrogen-bond acceptors (Lipinski definition) is 4. The van der Waals surface area contributed by atoms with Gasteiger partial charge < -0.3 is 10.6 Å². The van der Waals surface area contributed by atoms with Gasteiger partial charge in [-0.05, 0) is 31.9 Å². The summed E-state index contributed by atoms with van der Waals surface area (Å²) in [6, 6.07) is 12.0. The van der Waals surface area contributed by atoms with Gasteiger partial charge in [-0.15, -0.1) is 0 Å². The highest BCUT2D eigenvalue weighted by Crippen LogP contribution is 2.23. The second kappa shape index (κ2) is 7.66. The Labute approximate surface area is 153 Å². The van der Waals surface area contributed by atoms with Crippen molar-refractivity contribution in [1.29, 1.82) is 0 Å². The number of carbonyl (C=O) groups is 1. The molecular formula is C20H25N5O. The van der Waals surface area contributed by atoms with E-state index in [0.29, 0.717) is 25.2 Å². The van der Waals surface area contributed by atoms with Crippen LogP contribution in [0.2, 0.25) is 0 Å². The van der Waals surface area contributed by atoms with Crippen LogP contribution in [0.4, 0.5) is 0 Å². The smallest absolute Gasteiger partial charge is 0.254 e. The summed E-state index contributed by atoms with van der Waals surface area (Å²) in [6.45, 7) is 5.39. The van der Waals surface area contributed by atoms with Gasteiger partial charge in [0.05, 0.1) is 16.6 Å². The summed E-state index contributed by atoms with van der Waals surface area (Å²) >= 11 is 0.